The van der Waals surface area contributed by atoms with Crippen molar-refractivity contribution in [1.82, 2.24) is 5.32 Å². The Bertz CT molecular complexity index is 320. The van der Waals surface area contributed by atoms with Gasteiger partial charge in [0.2, 0.25) is 0 Å². The Labute approximate surface area is 111 Å². The molecule has 96 valence electrons. The topological polar surface area (TPSA) is 41.5 Å². The molecule has 1 rings (SSSR count). The van der Waals surface area contributed by atoms with E-state index >= 15 is 0 Å². The molecule has 0 aliphatic carbocycles. The number of halogens is 1. The van der Waals surface area contributed by atoms with Crippen molar-refractivity contribution in [2.24, 2.45) is 5.92 Å². The van der Waals surface area contributed by atoms with Gasteiger partial charge in [0, 0.05) is 17.6 Å². The minimum Gasteiger partial charge on any atom is -0.492 e. The predicted octanol–water partition coefficient (Wildman–Crippen LogP) is 2.44. The SMILES string of the molecule is CC(CCO)CNCCOc1cccc(Br)c1. The Hall–Kier alpha value is -0.580. The van der Waals surface area contributed by atoms with Crippen LogP contribution in [0.1, 0.15) is 13.3 Å². The van der Waals surface area contributed by atoms with E-state index in [-0.39, 0.29) is 6.61 Å². The average Bonchev–Trinajstić information content (AvgIpc) is 2.29. The van der Waals surface area contributed by atoms with Crippen LogP contribution >= 0.6 is 15.9 Å². The van der Waals surface area contributed by atoms with Gasteiger partial charge in [-0.2, -0.15) is 0 Å². The molecule has 0 fully saturated rings. The van der Waals surface area contributed by atoms with Crippen molar-refractivity contribution < 1.29 is 9.84 Å². The van der Waals surface area contributed by atoms with Crippen LogP contribution in [0.15, 0.2) is 28.7 Å². The maximum atomic E-state index is 8.76. The second kappa shape index (κ2) is 8.50. The third-order valence-electron chi connectivity index (χ3n) is 2.46. The van der Waals surface area contributed by atoms with Gasteiger partial charge in [0.05, 0.1) is 0 Å². The minimum atomic E-state index is 0.261. The standard InChI is InChI=1S/C13H20BrNO2/c1-11(5-7-16)10-15-6-8-17-13-4-2-3-12(14)9-13/h2-4,9,11,15-16H,5-8,10H2,1H3. The van der Waals surface area contributed by atoms with Gasteiger partial charge in [-0.25, -0.2) is 0 Å². The molecule has 0 spiro atoms. The summed E-state index contributed by atoms with van der Waals surface area (Å²) in [4.78, 5) is 0. The van der Waals surface area contributed by atoms with Gasteiger partial charge in [-0.05, 0) is 37.1 Å². The molecule has 4 heteroatoms. The number of aliphatic hydroxyl groups excluding tert-OH is 1. The summed E-state index contributed by atoms with van der Waals surface area (Å²) in [7, 11) is 0. The first-order chi connectivity index (χ1) is 8.22. The van der Waals surface area contributed by atoms with Crippen molar-refractivity contribution in [2.45, 2.75) is 13.3 Å². The first-order valence-electron chi connectivity index (χ1n) is 5.92. The molecule has 0 radical (unpaired) electrons. The minimum absolute atomic E-state index is 0.261. The van der Waals surface area contributed by atoms with Crippen LogP contribution in [0.4, 0.5) is 0 Å². The van der Waals surface area contributed by atoms with Crippen LogP contribution in [0.2, 0.25) is 0 Å². The van der Waals surface area contributed by atoms with Crippen molar-refractivity contribution in [3.05, 3.63) is 28.7 Å². The number of nitrogens with one attached hydrogen (secondary N) is 1. The lowest BCUT2D eigenvalue weighted by Crippen LogP contribution is -2.26. The van der Waals surface area contributed by atoms with Crippen LogP contribution in [-0.4, -0.2) is 31.4 Å². The van der Waals surface area contributed by atoms with Crippen LogP contribution in [0.3, 0.4) is 0 Å². The van der Waals surface area contributed by atoms with Crippen molar-refractivity contribution in [2.75, 3.05) is 26.3 Å². The molecule has 3 nitrogen and oxygen atoms in total. The van der Waals surface area contributed by atoms with Gasteiger partial charge in [-0.3, -0.25) is 0 Å². The Kier molecular flexibility index (Phi) is 7.24. The number of hydrogen-bond acceptors (Lipinski definition) is 3. The van der Waals surface area contributed by atoms with Gasteiger partial charge in [-0.15, -0.1) is 0 Å². The van der Waals surface area contributed by atoms with Gasteiger partial charge in [0.25, 0.3) is 0 Å². The van der Waals surface area contributed by atoms with E-state index in [1.165, 1.54) is 0 Å². The first kappa shape index (κ1) is 14.5. The average molecular weight is 302 g/mol. The first-order valence-corrected chi connectivity index (χ1v) is 6.71. The zero-order valence-corrected chi connectivity index (χ0v) is 11.7. The highest BCUT2D eigenvalue weighted by Crippen LogP contribution is 2.17. The third kappa shape index (κ3) is 6.66. The summed E-state index contributed by atoms with van der Waals surface area (Å²) in [5, 5.41) is 12.1. The summed E-state index contributed by atoms with van der Waals surface area (Å²) >= 11 is 3.40. The Morgan fingerprint density at radius 3 is 3.00 bits per heavy atom. The highest BCUT2D eigenvalue weighted by Gasteiger charge is 2.00. The highest BCUT2D eigenvalue weighted by atomic mass is 79.9. The van der Waals surface area contributed by atoms with Crippen LogP contribution in [-0.2, 0) is 0 Å². The fourth-order valence-corrected chi connectivity index (χ4v) is 1.85. The summed E-state index contributed by atoms with van der Waals surface area (Å²) < 4.78 is 6.61. The monoisotopic (exact) mass is 301 g/mol. The summed E-state index contributed by atoms with van der Waals surface area (Å²) in [5.41, 5.74) is 0. The van der Waals surface area contributed by atoms with Gasteiger partial charge in [0.15, 0.2) is 0 Å². The smallest absolute Gasteiger partial charge is 0.120 e. The molecule has 0 saturated carbocycles. The molecule has 17 heavy (non-hydrogen) atoms. The predicted molar refractivity (Wildman–Crippen MR) is 73.4 cm³/mol. The normalized spacial score (nSPS) is 12.4. The zero-order valence-electron chi connectivity index (χ0n) is 10.2. The van der Waals surface area contributed by atoms with Gasteiger partial charge in [0.1, 0.15) is 12.4 Å². The van der Waals surface area contributed by atoms with Crippen molar-refractivity contribution in [1.29, 1.82) is 0 Å². The van der Waals surface area contributed by atoms with E-state index in [1.54, 1.807) is 0 Å². The summed E-state index contributed by atoms with van der Waals surface area (Å²) in [5.74, 6) is 1.38. The van der Waals surface area contributed by atoms with E-state index in [4.69, 9.17) is 9.84 Å². The third-order valence-corrected chi connectivity index (χ3v) is 2.95. The largest absolute Gasteiger partial charge is 0.492 e. The van der Waals surface area contributed by atoms with Crippen LogP contribution in [0, 0.1) is 5.92 Å². The van der Waals surface area contributed by atoms with Gasteiger partial charge < -0.3 is 15.2 Å². The van der Waals surface area contributed by atoms with Crippen molar-refractivity contribution in [3.63, 3.8) is 0 Å². The number of benzene rings is 1. The molecule has 1 unspecified atom stereocenters. The molecule has 0 amide bonds. The quantitative estimate of drug-likeness (QED) is 0.725. The van der Waals surface area contributed by atoms with E-state index in [0.717, 1.165) is 29.7 Å². The van der Waals surface area contributed by atoms with Crippen molar-refractivity contribution in [3.8, 4) is 5.75 Å². The summed E-state index contributed by atoms with van der Waals surface area (Å²) in [6.07, 6.45) is 0.847. The molecule has 2 N–H and O–H groups in total. The molecular formula is C13H20BrNO2. The second-order valence-corrected chi connectivity index (χ2v) is 5.04. The van der Waals surface area contributed by atoms with E-state index < -0.39 is 0 Å². The molecule has 0 aliphatic rings. The summed E-state index contributed by atoms with van der Waals surface area (Å²) in [6, 6.07) is 7.82. The lowest BCUT2D eigenvalue weighted by Gasteiger charge is -2.11. The number of aliphatic hydroxyl groups is 1. The van der Waals surface area contributed by atoms with E-state index in [9.17, 15) is 0 Å². The lowest BCUT2D eigenvalue weighted by atomic mass is 10.1. The molecule has 1 aromatic carbocycles. The lowest BCUT2D eigenvalue weighted by molar-refractivity contribution is 0.256. The maximum absolute atomic E-state index is 8.76. The molecule has 0 bridgehead atoms. The van der Waals surface area contributed by atoms with Crippen LogP contribution in [0.5, 0.6) is 5.75 Å². The maximum Gasteiger partial charge on any atom is 0.120 e. The van der Waals surface area contributed by atoms with E-state index in [1.807, 2.05) is 24.3 Å². The molecule has 0 heterocycles. The molecule has 0 aromatic heterocycles. The number of ether oxygens (including phenoxy) is 1. The molecular weight excluding hydrogens is 282 g/mol. The van der Waals surface area contributed by atoms with E-state index in [0.29, 0.717) is 12.5 Å². The Balaban J connectivity index is 2.08. The zero-order chi connectivity index (χ0) is 12.5. The molecule has 1 aromatic rings. The van der Waals surface area contributed by atoms with Gasteiger partial charge in [-0.1, -0.05) is 28.9 Å². The van der Waals surface area contributed by atoms with Crippen LogP contribution < -0.4 is 10.1 Å². The second-order valence-electron chi connectivity index (χ2n) is 4.13. The number of hydrogen-bond donors (Lipinski definition) is 2. The van der Waals surface area contributed by atoms with Gasteiger partial charge >= 0.3 is 0 Å². The Morgan fingerprint density at radius 1 is 1.47 bits per heavy atom. The molecule has 0 saturated heterocycles. The summed E-state index contributed by atoms with van der Waals surface area (Å²) in [6.45, 7) is 4.78. The van der Waals surface area contributed by atoms with Crippen molar-refractivity contribution >= 4 is 15.9 Å². The van der Waals surface area contributed by atoms with Crippen LogP contribution in [0.25, 0.3) is 0 Å². The fraction of sp³-hybridized carbons (Fsp3) is 0.538. The Morgan fingerprint density at radius 2 is 2.29 bits per heavy atom. The molecule has 1 atom stereocenters. The number of rotatable bonds is 8. The van der Waals surface area contributed by atoms with E-state index in [2.05, 4.69) is 28.2 Å². The highest BCUT2D eigenvalue weighted by molar-refractivity contribution is 9.10. The fourth-order valence-electron chi connectivity index (χ4n) is 1.47. The molecule has 0 aliphatic heterocycles.